The van der Waals surface area contributed by atoms with Gasteiger partial charge in [0, 0.05) is 22.5 Å². The van der Waals surface area contributed by atoms with Gasteiger partial charge in [0.2, 0.25) is 0 Å². The van der Waals surface area contributed by atoms with Crippen LogP contribution in [0.2, 0.25) is 0 Å². The maximum Gasteiger partial charge on any atom is 0.307 e. The molecule has 0 N–H and O–H groups in total. The van der Waals surface area contributed by atoms with Crippen LogP contribution in [-0.2, 0) is 12.4 Å². The lowest BCUT2D eigenvalue weighted by molar-refractivity contribution is 0.785. The van der Waals surface area contributed by atoms with Gasteiger partial charge >= 0.3 is 4.87 Å². The summed E-state index contributed by atoms with van der Waals surface area (Å²) in [6.45, 7) is 0.564. The van der Waals surface area contributed by atoms with Crippen molar-refractivity contribution in [1.82, 2.24) is 9.55 Å². The Labute approximate surface area is 129 Å². The summed E-state index contributed by atoms with van der Waals surface area (Å²) in [6, 6.07) is 8.02. The van der Waals surface area contributed by atoms with Crippen LogP contribution in [0.1, 0.15) is 11.3 Å². The SMILES string of the molecule is O=c1sccn1Cc1ccccc1-c1nc(CCl)cs1. The molecule has 6 heteroatoms. The standard InChI is InChI=1S/C14H11ClN2OS2/c15-7-11-9-20-13(16-11)12-4-2-1-3-10(12)8-17-5-6-19-14(17)18/h1-6,9H,7-8H2. The third-order valence-electron chi connectivity index (χ3n) is 2.92. The van der Waals surface area contributed by atoms with E-state index in [0.29, 0.717) is 12.4 Å². The lowest BCUT2D eigenvalue weighted by Crippen LogP contribution is -2.13. The summed E-state index contributed by atoms with van der Waals surface area (Å²) in [4.78, 5) is 16.2. The Balaban J connectivity index is 2.00. The fraction of sp³-hybridized carbons (Fsp3) is 0.143. The van der Waals surface area contributed by atoms with Crippen LogP contribution < -0.4 is 4.87 Å². The zero-order chi connectivity index (χ0) is 13.9. The number of halogens is 1. The first-order chi connectivity index (χ1) is 9.78. The zero-order valence-electron chi connectivity index (χ0n) is 10.5. The van der Waals surface area contributed by atoms with Gasteiger partial charge in [-0.05, 0) is 5.56 Å². The van der Waals surface area contributed by atoms with Gasteiger partial charge in [-0.3, -0.25) is 4.79 Å². The lowest BCUT2D eigenvalue weighted by atomic mass is 10.1. The first kappa shape index (κ1) is 13.5. The first-order valence-corrected chi connectivity index (χ1v) is 8.30. The number of rotatable bonds is 4. The topological polar surface area (TPSA) is 34.9 Å². The van der Waals surface area contributed by atoms with E-state index in [0.717, 1.165) is 21.8 Å². The molecule has 0 amide bonds. The van der Waals surface area contributed by atoms with Crippen LogP contribution in [0.3, 0.4) is 0 Å². The predicted octanol–water partition coefficient (Wildman–Crippen LogP) is 3.82. The van der Waals surface area contributed by atoms with Gasteiger partial charge in [-0.25, -0.2) is 4.98 Å². The van der Waals surface area contributed by atoms with E-state index < -0.39 is 0 Å². The highest BCUT2D eigenvalue weighted by molar-refractivity contribution is 7.13. The zero-order valence-corrected chi connectivity index (χ0v) is 12.8. The van der Waals surface area contributed by atoms with Crippen molar-refractivity contribution in [3.05, 3.63) is 62.1 Å². The number of benzene rings is 1. The Hall–Kier alpha value is -1.43. The fourth-order valence-electron chi connectivity index (χ4n) is 1.95. The molecule has 0 aliphatic carbocycles. The summed E-state index contributed by atoms with van der Waals surface area (Å²) in [5, 5.41) is 4.72. The van der Waals surface area contributed by atoms with Crippen LogP contribution in [0.4, 0.5) is 0 Å². The molecular weight excluding hydrogens is 312 g/mol. The van der Waals surface area contributed by atoms with Crippen LogP contribution in [0, 0.1) is 0 Å². The van der Waals surface area contributed by atoms with Gasteiger partial charge in [0.05, 0.1) is 18.1 Å². The molecule has 0 saturated heterocycles. The summed E-state index contributed by atoms with van der Waals surface area (Å²) in [7, 11) is 0. The molecule has 3 aromatic rings. The molecule has 0 unspecified atom stereocenters. The molecular formula is C14H11ClN2OS2. The number of nitrogens with zero attached hydrogens (tertiary/aromatic N) is 2. The quantitative estimate of drug-likeness (QED) is 0.684. The van der Waals surface area contributed by atoms with E-state index in [1.54, 1.807) is 21.3 Å². The number of alkyl halides is 1. The summed E-state index contributed by atoms with van der Waals surface area (Å²) in [5.74, 6) is 0.419. The van der Waals surface area contributed by atoms with E-state index in [1.807, 2.05) is 35.8 Å². The van der Waals surface area contributed by atoms with Crippen molar-refractivity contribution >= 4 is 34.3 Å². The summed E-state index contributed by atoms with van der Waals surface area (Å²) >= 11 is 8.59. The van der Waals surface area contributed by atoms with Gasteiger partial charge < -0.3 is 4.57 Å². The molecule has 0 saturated carbocycles. The van der Waals surface area contributed by atoms with Gasteiger partial charge in [-0.1, -0.05) is 35.6 Å². The normalized spacial score (nSPS) is 10.8. The second-order valence-electron chi connectivity index (χ2n) is 4.23. The Morgan fingerprint density at radius 1 is 1.25 bits per heavy atom. The molecule has 0 bridgehead atoms. The maximum absolute atomic E-state index is 11.7. The molecule has 0 spiro atoms. The highest BCUT2D eigenvalue weighted by Gasteiger charge is 2.10. The van der Waals surface area contributed by atoms with Gasteiger partial charge in [0.15, 0.2) is 0 Å². The molecule has 2 aromatic heterocycles. The van der Waals surface area contributed by atoms with E-state index in [1.165, 1.54) is 11.3 Å². The van der Waals surface area contributed by atoms with Crippen LogP contribution in [-0.4, -0.2) is 9.55 Å². The molecule has 0 fully saturated rings. The highest BCUT2D eigenvalue weighted by Crippen LogP contribution is 2.28. The molecule has 1 aromatic carbocycles. The van der Waals surface area contributed by atoms with Crippen molar-refractivity contribution in [1.29, 1.82) is 0 Å². The van der Waals surface area contributed by atoms with Crippen LogP contribution >= 0.6 is 34.3 Å². The van der Waals surface area contributed by atoms with Crippen molar-refractivity contribution < 1.29 is 0 Å². The highest BCUT2D eigenvalue weighted by atomic mass is 35.5. The summed E-state index contributed by atoms with van der Waals surface area (Å²) in [5.41, 5.74) is 3.03. The van der Waals surface area contributed by atoms with Crippen molar-refractivity contribution in [2.75, 3.05) is 0 Å². The average molecular weight is 323 g/mol. The maximum atomic E-state index is 11.7. The van der Waals surface area contributed by atoms with E-state index in [-0.39, 0.29) is 4.87 Å². The molecule has 3 nitrogen and oxygen atoms in total. The van der Waals surface area contributed by atoms with E-state index in [2.05, 4.69) is 4.98 Å². The van der Waals surface area contributed by atoms with Crippen LogP contribution in [0.25, 0.3) is 10.6 Å². The van der Waals surface area contributed by atoms with Crippen LogP contribution in [0.5, 0.6) is 0 Å². The minimum atomic E-state index is 0.0559. The molecule has 3 rings (SSSR count). The Bertz CT molecular complexity index is 775. The average Bonchev–Trinajstić information content (AvgIpc) is 3.09. The third kappa shape index (κ3) is 2.70. The van der Waals surface area contributed by atoms with E-state index in [4.69, 9.17) is 11.6 Å². The molecule has 0 aliphatic rings. The first-order valence-electron chi connectivity index (χ1n) is 6.00. The molecule has 102 valence electrons. The lowest BCUT2D eigenvalue weighted by Gasteiger charge is -2.07. The van der Waals surface area contributed by atoms with Gasteiger partial charge in [-0.15, -0.1) is 22.9 Å². The summed E-state index contributed by atoms with van der Waals surface area (Å²) in [6.07, 6.45) is 1.82. The molecule has 0 aliphatic heterocycles. The Kier molecular flexibility index (Phi) is 4.00. The van der Waals surface area contributed by atoms with E-state index >= 15 is 0 Å². The predicted molar refractivity (Wildman–Crippen MR) is 84.8 cm³/mol. The monoisotopic (exact) mass is 322 g/mol. The Morgan fingerprint density at radius 3 is 2.80 bits per heavy atom. The number of aromatic nitrogens is 2. The van der Waals surface area contributed by atoms with E-state index in [9.17, 15) is 4.79 Å². The number of hydrogen-bond donors (Lipinski definition) is 0. The minimum Gasteiger partial charge on any atom is -0.302 e. The van der Waals surface area contributed by atoms with Crippen LogP contribution in [0.15, 0.2) is 46.0 Å². The molecule has 0 radical (unpaired) electrons. The smallest absolute Gasteiger partial charge is 0.302 e. The van der Waals surface area contributed by atoms with Crippen molar-refractivity contribution in [3.63, 3.8) is 0 Å². The molecule has 2 heterocycles. The Morgan fingerprint density at radius 2 is 2.10 bits per heavy atom. The second-order valence-corrected chi connectivity index (χ2v) is 6.21. The number of hydrogen-bond acceptors (Lipinski definition) is 4. The summed E-state index contributed by atoms with van der Waals surface area (Å²) < 4.78 is 1.71. The molecule has 0 atom stereocenters. The fourth-order valence-corrected chi connectivity index (χ4v) is 3.64. The van der Waals surface area contributed by atoms with Gasteiger partial charge in [0.1, 0.15) is 5.01 Å². The van der Waals surface area contributed by atoms with Crippen molar-refractivity contribution in [2.45, 2.75) is 12.4 Å². The van der Waals surface area contributed by atoms with Crippen molar-refractivity contribution in [2.24, 2.45) is 0 Å². The third-order valence-corrected chi connectivity index (χ3v) is 4.81. The van der Waals surface area contributed by atoms with Gasteiger partial charge in [0.25, 0.3) is 0 Å². The largest absolute Gasteiger partial charge is 0.307 e. The molecule has 20 heavy (non-hydrogen) atoms. The minimum absolute atomic E-state index is 0.0559. The number of thiazole rings is 2. The van der Waals surface area contributed by atoms with Gasteiger partial charge in [-0.2, -0.15) is 0 Å². The second kappa shape index (κ2) is 5.91. The van der Waals surface area contributed by atoms with Crippen molar-refractivity contribution in [3.8, 4) is 10.6 Å².